The topological polar surface area (TPSA) is 149 Å². The summed E-state index contributed by atoms with van der Waals surface area (Å²) in [4.78, 5) is 45.5. The predicted octanol–water partition coefficient (Wildman–Crippen LogP) is 0.0660. The minimum Gasteiger partial charge on any atom is -0.465 e. The first-order chi connectivity index (χ1) is 21.9. The van der Waals surface area contributed by atoms with Gasteiger partial charge in [0.2, 0.25) is 10.0 Å². The van der Waals surface area contributed by atoms with Crippen LogP contribution in [0.15, 0.2) is 30.3 Å². The number of nitrogens with zero attached hydrogens (tertiary/aromatic N) is 5. The number of sulfonamides is 1. The van der Waals surface area contributed by atoms with Crippen molar-refractivity contribution in [3.05, 3.63) is 35.9 Å². The summed E-state index contributed by atoms with van der Waals surface area (Å²) in [6.07, 6.45) is -0.436. The molecule has 0 bridgehead atoms. The van der Waals surface area contributed by atoms with Crippen LogP contribution >= 0.6 is 0 Å². The molecule has 0 spiro atoms. The summed E-state index contributed by atoms with van der Waals surface area (Å²) in [7, 11) is -3.84. The number of aliphatic hydroxyl groups excluding tert-OH is 1. The highest BCUT2D eigenvalue weighted by Crippen LogP contribution is 2.19. The van der Waals surface area contributed by atoms with Gasteiger partial charge in [0.05, 0.1) is 58.0 Å². The van der Waals surface area contributed by atoms with Crippen molar-refractivity contribution in [1.82, 2.24) is 23.9 Å². The van der Waals surface area contributed by atoms with E-state index < -0.39 is 34.2 Å². The second kappa shape index (κ2) is 20.5. The van der Waals surface area contributed by atoms with Crippen LogP contribution < -0.4 is 0 Å². The number of benzene rings is 1. The van der Waals surface area contributed by atoms with Crippen LogP contribution in [0.3, 0.4) is 0 Å². The molecule has 0 aromatic heterocycles. The van der Waals surface area contributed by atoms with E-state index in [2.05, 4.69) is 0 Å². The van der Waals surface area contributed by atoms with Crippen molar-refractivity contribution in [3.63, 3.8) is 0 Å². The molecule has 0 saturated carbocycles. The second-order valence-corrected chi connectivity index (χ2v) is 13.3. The van der Waals surface area contributed by atoms with Crippen LogP contribution in [-0.4, -0.2) is 166 Å². The van der Waals surface area contributed by atoms with Crippen LogP contribution in [-0.2, 0) is 45.2 Å². The van der Waals surface area contributed by atoms with E-state index in [0.717, 1.165) is 11.8 Å². The molecule has 1 saturated heterocycles. The van der Waals surface area contributed by atoms with Crippen LogP contribution in [0.5, 0.6) is 0 Å². The number of hydrogen-bond acceptors (Lipinski definition) is 13. The van der Waals surface area contributed by atoms with Crippen molar-refractivity contribution in [3.8, 4) is 0 Å². The molecule has 1 aromatic rings. The third kappa shape index (κ3) is 14.8. The summed E-state index contributed by atoms with van der Waals surface area (Å²) in [5, 5.41) is 10.4. The summed E-state index contributed by atoms with van der Waals surface area (Å²) in [6, 6.07) is 9.19. The molecule has 14 nitrogen and oxygen atoms in total. The second-order valence-electron chi connectivity index (χ2n) is 11.3. The van der Waals surface area contributed by atoms with E-state index in [4.69, 9.17) is 14.2 Å². The summed E-state index contributed by atoms with van der Waals surface area (Å²) in [5.41, 5.74) is 0.766. The Morgan fingerprint density at radius 2 is 1.26 bits per heavy atom. The van der Waals surface area contributed by atoms with Gasteiger partial charge < -0.3 is 19.3 Å². The van der Waals surface area contributed by atoms with E-state index in [1.54, 1.807) is 32.6 Å². The van der Waals surface area contributed by atoms with E-state index >= 15 is 0 Å². The Kier molecular flexibility index (Phi) is 17.7. The number of hydrogen-bond donors (Lipinski definition) is 1. The monoisotopic (exact) mass is 671 g/mol. The highest BCUT2D eigenvalue weighted by molar-refractivity contribution is 7.88. The highest BCUT2D eigenvalue weighted by Gasteiger charge is 2.35. The Hall–Kier alpha value is -2.66. The molecule has 46 heavy (non-hydrogen) atoms. The molecule has 0 aliphatic carbocycles. The number of aliphatic hydroxyl groups is 1. The number of rotatable bonds is 15. The van der Waals surface area contributed by atoms with E-state index in [1.165, 1.54) is 4.31 Å². The molecule has 1 aliphatic rings. The fourth-order valence-corrected chi connectivity index (χ4v) is 6.34. The van der Waals surface area contributed by atoms with Gasteiger partial charge in [0.25, 0.3) is 0 Å². The standard InChI is InChI=1S/C31H53N5O9S/c1-6-43-29(38)23-32-14-15-33(24-30(39)44-7-2)18-19-35(25-31(40)45-8-3)28(22-34(17-16-32)20-26(4)37)36(46(5,41)42)21-27-12-10-9-11-13-27/h9-13,26,28,37H,6-8,14-25H2,1-5H3. The Morgan fingerprint density at radius 3 is 1.72 bits per heavy atom. The number of carbonyl (C=O) groups is 3. The molecule has 1 heterocycles. The molecule has 15 heteroatoms. The number of β-amino-alcohol motifs (C(OH)–C–C–N with tert-alkyl or cyclic N) is 1. The zero-order chi connectivity index (χ0) is 34.1. The van der Waals surface area contributed by atoms with Gasteiger partial charge in [0, 0.05) is 58.9 Å². The van der Waals surface area contributed by atoms with Crippen LogP contribution in [0, 0.1) is 0 Å². The molecule has 0 radical (unpaired) electrons. The number of carbonyl (C=O) groups excluding carboxylic acids is 3. The van der Waals surface area contributed by atoms with E-state index in [-0.39, 0.29) is 71.6 Å². The maximum atomic E-state index is 13.5. The predicted molar refractivity (Wildman–Crippen MR) is 173 cm³/mol. The van der Waals surface area contributed by atoms with Crippen molar-refractivity contribution in [2.45, 2.75) is 46.5 Å². The normalized spacial score (nSPS) is 19.2. The van der Waals surface area contributed by atoms with E-state index in [1.807, 2.05) is 45.0 Å². The molecule has 2 rings (SSSR count). The molecule has 1 aromatic carbocycles. The zero-order valence-corrected chi connectivity index (χ0v) is 28.8. The minimum absolute atomic E-state index is 0.0209. The average Bonchev–Trinajstić information content (AvgIpc) is 2.97. The third-order valence-corrected chi connectivity index (χ3v) is 8.65. The van der Waals surface area contributed by atoms with Crippen molar-refractivity contribution >= 4 is 27.9 Å². The summed E-state index contributed by atoms with van der Waals surface area (Å²) in [5.74, 6) is -1.30. The van der Waals surface area contributed by atoms with Crippen LogP contribution in [0.2, 0.25) is 0 Å². The molecular weight excluding hydrogens is 618 g/mol. The van der Waals surface area contributed by atoms with Gasteiger partial charge in [-0.05, 0) is 33.3 Å². The minimum atomic E-state index is -3.84. The zero-order valence-electron chi connectivity index (χ0n) is 28.0. The lowest BCUT2D eigenvalue weighted by Crippen LogP contribution is -2.59. The Labute approximate surface area is 274 Å². The first kappa shape index (κ1) is 39.5. The van der Waals surface area contributed by atoms with Gasteiger partial charge in [-0.2, -0.15) is 4.31 Å². The summed E-state index contributed by atoms with van der Waals surface area (Å²) >= 11 is 0. The smallest absolute Gasteiger partial charge is 0.320 e. The van der Waals surface area contributed by atoms with Crippen molar-refractivity contribution in [1.29, 1.82) is 0 Å². The molecule has 1 N–H and O–H groups in total. The van der Waals surface area contributed by atoms with Gasteiger partial charge in [-0.1, -0.05) is 30.3 Å². The lowest BCUT2D eigenvalue weighted by molar-refractivity contribution is -0.147. The molecule has 0 amide bonds. The van der Waals surface area contributed by atoms with Gasteiger partial charge in [-0.15, -0.1) is 0 Å². The van der Waals surface area contributed by atoms with Crippen LogP contribution in [0.25, 0.3) is 0 Å². The quantitative estimate of drug-likeness (QED) is 0.198. The Balaban J connectivity index is 2.61. The van der Waals surface area contributed by atoms with Gasteiger partial charge in [0.15, 0.2) is 0 Å². The van der Waals surface area contributed by atoms with E-state index in [0.29, 0.717) is 32.7 Å². The molecule has 1 fully saturated rings. The average molecular weight is 672 g/mol. The summed E-state index contributed by atoms with van der Waals surface area (Å²) < 4.78 is 44.1. The van der Waals surface area contributed by atoms with E-state index in [9.17, 15) is 27.9 Å². The van der Waals surface area contributed by atoms with Gasteiger partial charge >= 0.3 is 17.9 Å². The SMILES string of the molecule is CCOC(=O)CN1CCN(CC(=O)OCC)CCN(CC(=O)OCC)C(N(Cc2ccccc2)S(C)(=O)=O)CN(CC(C)O)CC1. The first-order valence-corrected chi connectivity index (χ1v) is 17.8. The number of esters is 3. The van der Waals surface area contributed by atoms with Gasteiger partial charge in [0.1, 0.15) is 0 Å². The lowest BCUT2D eigenvalue weighted by atomic mass is 10.2. The van der Waals surface area contributed by atoms with Gasteiger partial charge in [-0.25, -0.2) is 8.42 Å². The van der Waals surface area contributed by atoms with Crippen LogP contribution in [0.4, 0.5) is 0 Å². The van der Waals surface area contributed by atoms with Crippen molar-refractivity contribution in [2.24, 2.45) is 0 Å². The fourth-order valence-electron chi connectivity index (χ4n) is 5.32. The van der Waals surface area contributed by atoms with Crippen molar-refractivity contribution in [2.75, 3.05) is 98.1 Å². The van der Waals surface area contributed by atoms with Crippen LogP contribution in [0.1, 0.15) is 33.3 Å². The maximum Gasteiger partial charge on any atom is 0.320 e. The third-order valence-electron chi connectivity index (χ3n) is 7.43. The largest absolute Gasteiger partial charge is 0.465 e. The van der Waals surface area contributed by atoms with Gasteiger partial charge in [-0.3, -0.25) is 34.0 Å². The maximum absolute atomic E-state index is 13.5. The van der Waals surface area contributed by atoms with Crippen molar-refractivity contribution < 1.29 is 42.1 Å². The molecule has 2 atom stereocenters. The highest BCUT2D eigenvalue weighted by atomic mass is 32.2. The fraction of sp³-hybridized carbons (Fsp3) is 0.710. The Bertz CT molecular complexity index is 1170. The molecule has 262 valence electrons. The summed E-state index contributed by atoms with van der Waals surface area (Å²) in [6.45, 7) is 9.84. The molecular formula is C31H53N5O9S. The Morgan fingerprint density at radius 1 is 0.804 bits per heavy atom. The first-order valence-electron chi connectivity index (χ1n) is 15.9. The molecule has 1 aliphatic heterocycles. The lowest BCUT2D eigenvalue weighted by Gasteiger charge is -2.42. The number of ether oxygens (including phenoxy) is 3. The molecule has 2 unspecified atom stereocenters.